The first kappa shape index (κ1) is 16.4. The molecule has 1 aromatic carbocycles. The van der Waals surface area contributed by atoms with Gasteiger partial charge in [0.25, 0.3) is 5.91 Å². The van der Waals surface area contributed by atoms with Gasteiger partial charge in [-0.3, -0.25) is 9.20 Å². The summed E-state index contributed by atoms with van der Waals surface area (Å²) in [4.78, 5) is 17.0. The molecule has 1 N–H and O–H groups in total. The van der Waals surface area contributed by atoms with E-state index in [4.69, 9.17) is 46.4 Å². The Morgan fingerprint density at radius 2 is 1.78 bits per heavy atom. The quantitative estimate of drug-likeness (QED) is 0.588. The van der Waals surface area contributed by atoms with Gasteiger partial charge in [0, 0.05) is 6.20 Å². The maximum atomic E-state index is 12.6. The van der Waals surface area contributed by atoms with Crippen molar-refractivity contribution >= 4 is 63.6 Å². The van der Waals surface area contributed by atoms with Crippen molar-refractivity contribution in [3.05, 3.63) is 61.9 Å². The third-order valence-electron chi connectivity index (χ3n) is 3.23. The summed E-state index contributed by atoms with van der Waals surface area (Å²) >= 11 is 23.9. The van der Waals surface area contributed by atoms with Crippen molar-refractivity contribution in [2.75, 3.05) is 5.32 Å². The van der Waals surface area contributed by atoms with E-state index in [0.717, 1.165) is 0 Å². The molecule has 2 aromatic heterocycles. The van der Waals surface area contributed by atoms with E-state index in [-0.39, 0.29) is 10.9 Å². The summed E-state index contributed by atoms with van der Waals surface area (Å²) in [5.41, 5.74) is 1.92. The van der Waals surface area contributed by atoms with E-state index in [9.17, 15) is 4.79 Å². The maximum absolute atomic E-state index is 12.6. The minimum absolute atomic E-state index is 0.289. The molecule has 118 valence electrons. The van der Waals surface area contributed by atoms with Crippen molar-refractivity contribution in [1.82, 2.24) is 9.38 Å². The Labute approximate surface area is 151 Å². The summed E-state index contributed by atoms with van der Waals surface area (Å²) in [6, 6.07) is 6.41. The van der Waals surface area contributed by atoms with Crippen molar-refractivity contribution in [3.8, 4) is 0 Å². The van der Waals surface area contributed by atoms with E-state index in [1.807, 2.05) is 0 Å². The number of carbonyl (C=O) groups is 1. The fourth-order valence-corrected chi connectivity index (χ4v) is 2.96. The average Bonchev–Trinajstić information content (AvgIpc) is 2.80. The van der Waals surface area contributed by atoms with Gasteiger partial charge in [-0.15, -0.1) is 0 Å². The predicted molar refractivity (Wildman–Crippen MR) is 94.4 cm³/mol. The molecule has 2 heterocycles. The molecule has 0 aliphatic carbocycles. The van der Waals surface area contributed by atoms with Crippen molar-refractivity contribution in [2.24, 2.45) is 0 Å². The molecular weight excluding hydrogens is 380 g/mol. The number of nitrogens with one attached hydrogen (secondary N) is 1. The summed E-state index contributed by atoms with van der Waals surface area (Å²) in [6.45, 7) is 1.74. The first-order valence-electron chi connectivity index (χ1n) is 6.47. The molecule has 0 saturated heterocycles. The van der Waals surface area contributed by atoms with Gasteiger partial charge in [-0.2, -0.15) is 0 Å². The summed E-state index contributed by atoms with van der Waals surface area (Å²) in [6.07, 6.45) is 1.63. The molecule has 0 radical (unpaired) electrons. The first-order chi connectivity index (χ1) is 10.9. The van der Waals surface area contributed by atoms with Crippen LogP contribution in [0.15, 0.2) is 30.5 Å². The van der Waals surface area contributed by atoms with Crippen LogP contribution in [0, 0.1) is 6.92 Å². The number of fused-ring (bicyclic) bond motifs is 1. The summed E-state index contributed by atoms with van der Waals surface area (Å²) in [7, 11) is 0. The zero-order valence-electron chi connectivity index (χ0n) is 11.7. The van der Waals surface area contributed by atoms with Crippen LogP contribution < -0.4 is 5.32 Å². The third kappa shape index (κ3) is 3.12. The lowest BCUT2D eigenvalue weighted by atomic mass is 10.2. The predicted octanol–water partition coefficient (Wildman–Crippen LogP) is 5.51. The number of nitrogens with zero attached hydrogens (tertiary/aromatic N) is 2. The minimum Gasteiger partial charge on any atom is -0.319 e. The van der Waals surface area contributed by atoms with Crippen LogP contribution in [0.5, 0.6) is 0 Å². The van der Waals surface area contributed by atoms with E-state index in [2.05, 4.69) is 10.3 Å². The zero-order chi connectivity index (χ0) is 16.7. The van der Waals surface area contributed by atoms with E-state index >= 15 is 0 Å². The highest BCUT2D eigenvalue weighted by atomic mass is 35.5. The number of aromatic nitrogens is 2. The van der Waals surface area contributed by atoms with Gasteiger partial charge in [0.15, 0.2) is 0 Å². The van der Waals surface area contributed by atoms with Gasteiger partial charge in [0.2, 0.25) is 0 Å². The highest BCUT2D eigenvalue weighted by Gasteiger charge is 2.18. The number of halogens is 4. The summed E-state index contributed by atoms with van der Waals surface area (Å²) < 4.78 is 1.62. The lowest BCUT2D eigenvalue weighted by molar-refractivity contribution is 0.102. The molecule has 0 aliphatic heterocycles. The molecule has 23 heavy (non-hydrogen) atoms. The SMILES string of the molecule is Cc1nc2ccc(Cl)cn2c1C(=O)Nc1cc(Cl)c(Cl)cc1Cl. The molecule has 0 spiro atoms. The maximum Gasteiger partial charge on any atom is 0.274 e. The van der Waals surface area contributed by atoms with Crippen molar-refractivity contribution in [1.29, 1.82) is 0 Å². The van der Waals surface area contributed by atoms with E-state index in [0.29, 0.717) is 37.8 Å². The Morgan fingerprint density at radius 1 is 1.09 bits per heavy atom. The van der Waals surface area contributed by atoms with Gasteiger partial charge in [0.05, 0.1) is 31.5 Å². The molecular formula is C15H9Cl4N3O. The number of hydrogen-bond donors (Lipinski definition) is 1. The topological polar surface area (TPSA) is 46.4 Å². The number of imidazole rings is 1. The molecule has 0 saturated carbocycles. The molecule has 4 nitrogen and oxygen atoms in total. The standard InChI is InChI=1S/C15H9Cl4N3O/c1-7-14(22-6-8(16)2-3-13(22)20-7)15(23)21-12-5-10(18)9(17)4-11(12)19/h2-6H,1H3,(H,21,23). The van der Waals surface area contributed by atoms with Crippen LogP contribution in [0.1, 0.15) is 16.2 Å². The van der Waals surface area contributed by atoms with Crippen LogP contribution >= 0.6 is 46.4 Å². The Hall–Kier alpha value is -1.46. The first-order valence-corrected chi connectivity index (χ1v) is 7.98. The highest BCUT2D eigenvalue weighted by molar-refractivity contribution is 6.44. The van der Waals surface area contributed by atoms with Gasteiger partial charge in [-0.1, -0.05) is 46.4 Å². The largest absolute Gasteiger partial charge is 0.319 e. The number of hydrogen-bond acceptors (Lipinski definition) is 2. The lowest BCUT2D eigenvalue weighted by Crippen LogP contribution is -2.16. The van der Waals surface area contributed by atoms with Gasteiger partial charge >= 0.3 is 0 Å². The number of amides is 1. The fourth-order valence-electron chi connectivity index (χ4n) is 2.21. The Bertz CT molecular complexity index is 936. The van der Waals surface area contributed by atoms with Crippen LogP contribution in [0.25, 0.3) is 5.65 Å². The number of pyridine rings is 1. The van der Waals surface area contributed by atoms with Crippen LogP contribution in [0.2, 0.25) is 20.1 Å². The second kappa shape index (κ2) is 6.21. The Balaban J connectivity index is 2.03. The number of benzene rings is 1. The zero-order valence-corrected chi connectivity index (χ0v) is 14.7. The number of anilines is 1. The molecule has 0 aliphatic rings. The molecule has 0 unspecified atom stereocenters. The number of rotatable bonds is 2. The second-order valence-electron chi connectivity index (χ2n) is 4.82. The van der Waals surface area contributed by atoms with Crippen LogP contribution in [0.3, 0.4) is 0 Å². The average molecular weight is 389 g/mol. The second-order valence-corrected chi connectivity index (χ2v) is 6.48. The van der Waals surface area contributed by atoms with E-state index < -0.39 is 0 Å². The van der Waals surface area contributed by atoms with Crippen LogP contribution in [0.4, 0.5) is 5.69 Å². The van der Waals surface area contributed by atoms with Crippen LogP contribution in [-0.2, 0) is 0 Å². The van der Waals surface area contributed by atoms with Crippen molar-refractivity contribution in [2.45, 2.75) is 6.92 Å². The molecule has 3 aromatic rings. The number of carbonyl (C=O) groups excluding carboxylic acids is 1. The fraction of sp³-hybridized carbons (Fsp3) is 0.0667. The minimum atomic E-state index is -0.377. The van der Waals surface area contributed by atoms with Crippen molar-refractivity contribution in [3.63, 3.8) is 0 Å². The van der Waals surface area contributed by atoms with E-state index in [1.54, 1.807) is 29.7 Å². The molecule has 1 amide bonds. The molecule has 3 rings (SSSR count). The number of aryl methyl sites for hydroxylation is 1. The normalized spacial score (nSPS) is 11.0. The smallest absolute Gasteiger partial charge is 0.274 e. The van der Waals surface area contributed by atoms with Crippen molar-refractivity contribution < 1.29 is 4.79 Å². The van der Waals surface area contributed by atoms with Crippen LogP contribution in [-0.4, -0.2) is 15.3 Å². The highest BCUT2D eigenvalue weighted by Crippen LogP contribution is 2.32. The van der Waals surface area contributed by atoms with Gasteiger partial charge in [-0.25, -0.2) is 4.98 Å². The van der Waals surface area contributed by atoms with Gasteiger partial charge < -0.3 is 5.32 Å². The molecule has 0 atom stereocenters. The Kier molecular flexibility index (Phi) is 4.43. The van der Waals surface area contributed by atoms with Gasteiger partial charge in [0.1, 0.15) is 11.3 Å². The molecule has 0 bridgehead atoms. The third-order valence-corrected chi connectivity index (χ3v) is 4.49. The summed E-state index contributed by atoms with van der Waals surface area (Å²) in [5.74, 6) is -0.377. The van der Waals surface area contributed by atoms with Gasteiger partial charge in [-0.05, 0) is 31.2 Å². The lowest BCUT2D eigenvalue weighted by Gasteiger charge is -2.09. The summed E-state index contributed by atoms with van der Waals surface area (Å²) in [5, 5.41) is 4.11. The van der Waals surface area contributed by atoms with E-state index in [1.165, 1.54) is 12.1 Å². The molecule has 8 heteroatoms. The monoisotopic (exact) mass is 387 g/mol. The Morgan fingerprint density at radius 3 is 2.52 bits per heavy atom. The molecule has 0 fully saturated rings.